The van der Waals surface area contributed by atoms with E-state index in [4.69, 9.17) is 0 Å². The van der Waals surface area contributed by atoms with E-state index in [9.17, 15) is 17.6 Å². The third-order valence-corrected chi connectivity index (χ3v) is 2.07. The molecule has 0 aromatic rings. The number of halogens is 6. The molecular weight excluding hydrogens is 308 g/mol. The summed E-state index contributed by atoms with van der Waals surface area (Å²) in [6, 6.07) is 0. The van der Waals surface area contributed by atoms with Crippen LogP contribution in [0.15, 0.2) is 0 Å². The summed E-state index contributed by atoms with van der Waals surface area (Å²) in [5, 5.41) is 0. The first-order valence-electron chi connectivity index (χ1n) is 3.09. The molecule has 0 rings (SSSR count). The van der Waals surface area contributed by atoms with Crippen molar-refractivity contribution >= 4 is 31.9 Å². The molecular formula is C6H8Br2F4. The molecule has 0 N–H and O–H groups in total. The maximum atomic E-state index is 12.9. The molecule has 6 heteroatoms. The Morgan fingerprint density at radius 2 is 1.33 bits per heavy atom. The molecule has 1 unspecified atom stereocenters. The Balaban J connectivity index is 4.44. The minimum absolute atomic E-state index is 0.677. The lowest BCUT2D eigenvalue weighted by molar-refractivity contribution is -0.194. The molecule has 0 aromatic carbocycles. The van der Waals surface area contributed by atoms with Crippen molar-refractivity contribution in [1.82, 2.24) is 0 Å². The molecule has 0 saturated heterocycles. The topological polar surface area (TPSA) is 0 Å². The van der Waals surface area contributed by atoms with Gasteiger partial charge < -0.3 is 0 Å². The van der Waals surface area contributed by atoms with E-state index in [1.807, 2.05) is 15.9 Å². The molecule has 0 aliphatic carbocycles. The Kier molecular flexibility index (Phi) is 3.63. The predicted octanol–water partition coefficient (Wildman–Crippen LogP) is 4.17. The van der Waals surface area contributed by atoms with E-state index in [-0.39, 0.29) is 0 Å². The van der Waals surface area contributed by atoms with Crippen molar-refractivity contribution in [2.75, 3.05) is 0 Å². The van der Waals surface area contributed by atoms with Crippen LogP contribution in [0.2, 0.25) is 0 Å². The molecule has 0 heterocycles. The van der Waals surface area contributed by atoms with Crippen LogP contribution in [0.3, 0.4) is 0 Å². The van der Waals surface area contributed by atoms with Crippen molar-refractivity contribution < 1.29 is 17.6 Å². The quantitative estimate of drug-likeness (QED) is 0.530. The molecule has 74 valence electrons. The van der Waals surface area contributed by atoms with E-state index in [0.29, 0.717) is 0 Å². The third kappa shape index (κ3) is 4.07. The van der Waals surface area contributed by atoms with Crippen molar-refractivity contribution in [2.24, 2.45) is 0 Å². The van der Waals surface area contributed by atoms with E-state index in [2.05, 4.69) is 15.9 Å². The highest BCUT2D eigenvalue weighted by atomic mass is 79.9. The summed E-state index contributed by atoms with van der Waals surface area (Å²) in [7, 11) is 0. The van der Waals surface area contributed by atoms with E-state index in [1.165, 1.54) is 13.8 Å². The molecule has 0 aliphatic rings. The van der Waals surface area contributed by atoms with Gasteiger partial charge in [-0.3, -0.25) is 0 Å². The van der Waals surface area contributed by atoms with Gasteiger partial charge in [0.05, 0.1) is 0 Å². The Morgan fingerprint density at radius 1 is 1.00 bits per heavy atom. The summed E-state index contributed by atoms with van der Waals surface area (Å²) in [4.78, 5) is 0. The maximum Gasteiger partial charge on any atom is 0.432 e. The van der Waals surface area contributed by atoms with Gasteiger partial charge in [-0.1, -0.05) is 15.9 Å². The van der Waals surface area contributed by atoms with Gasteiger partial charge in [-0.2, -0.15) is 13.2 Å². The minimum Gasteiger partial charge on any atom is -0.221 e. The average molecular weight is 316 g/mol. The Morgan fingerprint density at radius 3 is 1.42 bits per heavy atom. The van der Waals surface area contributed by atoms with Crippen LogP contribution in [0, 0.1) is 0 Å². The van der Waals surface area contributed by atoms with Gasteiger partial charge in [0, 0.05) is 10.7 Å². The van der Waals surface area contributed by atoms with Gasteiger partial charge in [0.25, 0.3) is 4.58 Å². The van der Waals surface area contributed by atoms with Crippen LogP contribution in [0.5, 0.6) is 0 Å². The molecule has 12 heavy (non-hydrogen) atoms. The van der Waals surface area contributed by atoms with Gasteiger partial charge in [-0.15, -0.1) is 0 Å². The monoisotopic (exact) mass is 314 g/mol. The number of rotatable bonds is 2. The second-order valence-corrected chi connectivity index (χ2v) is 6.50. The molecule has 0 nitrogen and oxygen atoms in total. The lowest BCUT2D eigenvalue weighted by Crippen LogP contribution is -2.39. The highest BCUT2D eigenvalue weighted by molar-refractivity contribution is 9.10. The second-order valence-electron chi connectivity index (χ2n) is 3.10. The van der Waals surface area contributed by atoms with E-state index in [0.717, 1.165) is 0 Å². The fourth-order valence-corrected chi connectivity index (χ4v) is 2.09. The first-order valence-corrected chi connectivity index (χ1v) is 4.68. The summed E-state index contributed by atoms with van der Waals surface area (Å²) in [6.07, 6.45) is -5.55. The average Bonchev–Trinajstić information content (AvgIpc) is 1.52. The number of hydrogen-bond acceptors (Lipinski definition) is 0. The van der Waals surface area contributed by atoms with Crippen molar-refractivity contribution in [3.05, 3.63) is 0 Å². The molecule has 0 bridgehead atoms. The van der Waals surface area contributed by atoms with E-state index < -0.39 is 21.5 Å². The predicted molar refractivity (Wildman–Crippen MR) is 46.4 cm³/mol. The minimum atomic E-state index is -4.88. The van der Waals surface area contributed by atoms with E-state index >= 15 is 0 Å². The van der Waals surface area contributed by atoms with Gasteiger partial charge in [-0.25, -0.2) is 4.39 Å². The van der Waals surface area contributed by atoms with Gasteiger partial charge in [-0.05, 0) is 29.8 Å². The number of alkyl halides is 6. The normalized spacial score (nSPS) is 19.0. The maximum absolute atomic E-state index is 12.9. The zero-order valence-electron chi connectivity index (χ0n) is 6.47. The smallest absolute Gasteiger partial charge is 0.221 e. The molecule has 0 aliphatic heterocycles. The zero-order valence-corrected chi connectivity index (χ0v) is 9.65. The summed E-state index contributed by atoms with van der Waals surface area (Å²) in [5.41, 5.74) is 0. The van der Waals surface area contributed by atoms with Crippen molar-refractivity contribution in [3.8, 4) is 0 Å². The fraction of sp³-hybridized carbons (Fsp3) is 1.00. The summed E-state index contributed by atoms with van der Waals surface area (Å²) in [6.45, 7) is 2.93. The third-order valence-electron chi connectivity index (χ3n) is 1.06. The lowest BCUT2D eigenvalue weighted by atomic mass is 10.1. The SMILES string of the molecule is CC(C)(Br)CC(F)(Br)C(F)(F)F. The first-order chi connectivity index (χ1) is 4.96. The van der Waals surface area contributed by atoms with Gasteiger partial charge >= 0.3 is 6.18 Å². The Bertz CT molecular complexity index is 156. The molecule has 1 atom stereocenters. The molecule has 0 saturated carbocycles. The summed E-state index contributed by atoms with van der Waals surface area (Å²) >= 11 is 4.95. The van der Waals surface area contributed by atoms with Crippen LogP contribution >= 0.6 is 31.9 Å². The largest absolute Gasteiger partial charge is 0.432 e. The van der Waals surface area contributed by atoms with Crippen LogP contribution in [-0.4, -0.2) is 15.1 Å². The molecule has 0 spiro atoms. The van der Waals surface area contributed by atoms with Crippen LogP contribution < -0.4 is 0 Å². The van der Waals surface area contributed by atoms with Crippen LogP contribution in [0.4, 0.5) is 17.6 Å². The highest BCUT2D eigenvalue weighted by Crippen LogP contribution is 2.46. The second kappa shape index (κ2) is 3.44. The van der Waals surface area contributed by atoms with Crippen molar-refractivity contribution in [2.45, 2.75) is 35.3 Å². The first kappa shape index (κ1) is 12.7. The van der Waals surface area contributed by atoms with Gasteiger partial charge in [0.2, 0.25) is 0 Å². The molecule has 0 fully saturated rings. The van der Waals surface area contributed by atoms with Crippen LogP contribution in [0.25, 0.3) is 0 Å². The molecule has 0 aromatic heterocycles. The van der Waals surface area contributed by atoms with Crippen LogP contribution in [-0.2, 0) is 0 Å². The van der Waals surface area contributed by atoms with Crippen molar-refractivity contribution in [1.29, 1.82) is 0 Å². The standard InChI is InChI=1S/C6H8Br2F4/c1-4(2,7)3-5(8,9)6(10,11)12/h3H2,1-2H3. The van der Waals surface area contributed by atoms with Crippen molar-refractivity contribution in [3.63, 3.8) is 0 Å². The Labute approximate surface area is 85.0 Å². The molecule has 0 amide bonds. The number of hydrogen-bond donors (Lipinski definition) is 0. The van der Waals surface area contributed by atoms with E-state index in [1.54, 1.807) is 0 Å². The summed E-state index contributed by atoms with van der Waals surface area (Å²) < 4.78 is 44.4. The van der Waals surface area contributed by atoms with Gasteiger partial charge in [0.1, 0.15) is 0 Å². The molecule has 0 radical (unpaired) electrons. The lowest BCUT2D eigenvalue weighted by Gasteiger charge is -2.27. The van der Waals surface area contributed by atoms with Crippen LogP contribution in [0.1, 0.15) is 20.3 Å². The Hall–Kier alpha value is 0.680. The van der Waals surface area contributed by atoms with Gasteiger partial charge in [0.15, 0.2) is 0 Å². The zero-order chi connectivity index (χ0) is 10.2. The summed E-state index contributed by atoms with van der Waals surface area (Å²) in [5.74, 6) is 0. The highest BCUT2D eigenvalue weighted by Gasteiger charge is 2.55. The fourth-order valence-electron chi connectivity index (χ4n) is 0.628.